The van der Waals surface area contributed by atoms with E-state index in [1.165, 1.54) is 10.6 Å². The average Bonchev–Trinajstić information content (AvgIpc) is 3.30. The number of ether oxygens (including phenoxy) is 1. The van der Waals surface area contributed by atoms with E-state index >= 15 is 0 Å². The highest BCUT2D eigenvalue weighted by molar-refractivity contribution is 8.08. The summed E-state index contributed by atoms with van der Waals surface area (Å²) in [6.07, 6.45) is 1.57. The Morgan fingerprint density at radius 1 is 1.26 bits per heavy atom. The Hall–Kier alpha value is -2.75. The van der Waals surface area contributed by atoms with Crippen LogP contribution in [0.5, 0.6) is 5.75 Å². The summed E-state index contributed by atoms with van der Waals surface area (Å²) >= 11 is 1.79. The van der Waals surface area contributed by atoms with Crippen LogP contribution < -0.4 is 15.4 Å². The molecule has 2 aliphatic heterocycles. The zero-order chi connectivity index (χ0) is 28.5. The second-order valence-electron chi connectivity index (χ2n) is 11.8. The Kier molecular flexibility index (Phi) is 8.54. The lowest BCUT2D eigenvalue weighted by Gasteiger charge is -2.35. The lowest BCUT2D eigenvalue weighted by atomic mass is 9.85. The number of likely N-dealkylation sites (tertiary alicyclic amines) is 1. The van der Waals surface area contributed by atoms with Crippen molar-refractivity contribution in [3.05, 3.63) is 35.0 Å². The number of nitrogens with zero attached hydrogens (tertiary/aromatic N) is 2. The Labute approximate surface area is 235 Å². The number of carbonyl (C=O) groups excluding carboxylic acids is 3. The van der Waals surface area contributed by atoms with Crippen LogP contribution in [0, 0.1) is 5.41 Å². The molecule has 1 aliphatic carbocycles. The molecule has 39 heavy (non-hydrogen) atoms. The summed E-state index contributed by atoms with van der Waals surface area (Å²) in [5, 5.41) is 5.64. The first-order valence-corrected chi connectivity index (χ1v) is 14.7. The van der Waals surface area contributed by atoms with Crippen LogP contribution in [-0.2, 0) is 20.9 Å². The molecule has 0 bridgehead atoms. The van der Waals surface area contributed by atoms with E-state index in [0.29, 0.717) is 26.0 Å². The van der Waals surface area contributed by atoms with Crippen molar-refractivity contribution in [2.45, 2.75) is 84.6 Å². The zero-order valence-corrected chi connectivity index (χ0v) is 24.7. The number of thioether (sulfide) groups is 1. The molecule has 3 amide bonds. The molecule has 0 radical (unpaired) electrons. The van der Waals surface area contributed by atoms with Crippen molar-refractivity contribution < 1.29 is 23.5 Å². The Morgan fingerprint density at radius 2 is 1.97 bits per heavy atom. The summed E-state index contributed by atoms with van der Waals surface area (Å²) in [5.41, 5.74) is 0.649. The van der Waals surface area contributed by atoms with Crippen LogP contribution in [0.4, 0.5) is 4.39 Å². The third-order valence-corrected chi connectivity index (χ3v) is 9.05. The van der Waals surface area contributed by atoms with Gasteiger partial charge in [-0.15, -0.1) is 11.8 Å². The molecule has 8 nitrogen and oxygen atoms in total. The fourth-order valence-electron chi connectivity index (χ4n) is 4.97. The predicted molar refractivity (Wildman–Crippen MR) is 151 cm³/mol. The lowest BCUT2D eigenvalue weighted by molar-refractivity contribution is -0.144. The van der Waals surface area contributed by atoms with Gasteiger partial charge in [-0.3, -0.25) is 14.4 Å². The SMILES string of the molecule is CCOc1cc(C2=C(C)N(C)CS2)ccc1CNC(=O)[C@@H]1CCCN1C(=O)[C@@H](NC(=O)C1(F)CC1)C(C)(C)C. The second-order valence-corrected chi connectivity index (χ2v) is 12.7. The van der Waals surface area contributed by atoms with Crippen LogP contribution in [0.1, 0.15) is 71.4 Å². The molecule has 3 aliphatic rings. The van der Waals surface area contributed by atoms with E-state index in [9.17, 15) is 18.8 Å². The molecule has 10 heteroatoms. The van der Waals surface area contributed by atoms with Gasteiger partial charge in [-0.25, -0.2) is 4.39 Å². The smallest absolute Gasteiger partial charge is 0.258 e. The van der Waals surface area contributed by atoms with Gasteiger partial charge in [-0.05, 0) is 56.6 Å². The van der Waals surface area contributed by atoms with Gasteiger partial charge in [0.05, 0.1) is 12.5 Å². The van der Waals surface area contributed by atoms with Crippen molar-refractivity contribution in [3.8, 4) is 5.75 Å². The zero-order valence-electron chi connectivity index (χ0n) is 23.9. The maximum atomic E-state index is 14.4. The van der Waals surface area contributed by atoms with Crippen LogP contribution in [0.25, 0.3) is 4.91 Å². The minimum absolute atomic E-state index is 0.177. The highest BCUT2D eigenvalue weighted by atomic mass is 32.2. The molecular formula is C29H41FN4O4S. The maximum Gasteiger partial charge on any atom is 0.258 e. The van der Waals surface area contributed by atoms with Crippen LogP contribution in [0.2, 0.25) is 0 Å². The van der Waals surface area contributed by atoms with Gasteiger partial charge in [0, 0.05) is 36.3 Å². The number of nitrogens with one attached hydrogen (secondary N) is 2. The number of carbonyl (C=O) groups is 3. The summed E-state index contributed by atoms with van der Waals surface area (Å²) in [7, 11) is 2.07. The first-order chi connectivity index (χ1) is 18.4. The van der Waals surface area contributed by atoms with Crippen molar-refractivity contribution in [1.82, 2.24) is 20.4 Å². The topological polar surface area (TPSA) is 91.0 Å². The number of hydrogen-bond acceptors (Lipinski definition) is 6. The van der Waals surface area contributed by atoms with Crippen LogP contribution in [0.15, 0.2) is 23.9 Å². The average molecular weight is 561 g/mol. The first-order valence-electron chi connectivity index (χ1n) is 13.7. The highest BCUT2D eigenvalue weighted by Crippen LogP contribution is 2.41. The van der Waals surface area contributed by atoms with Crippen molar-refractivity contribution in [2.75, 3.05) is 26.1 Å². The van der Waals surface area contributed by atoms with Gasteiger partial charge in [0.1, 0.15) is 17.8 Å². The quantitative estimate of drug-likeness (QED) is 0.474. The van der Waals surface area contributed by atoms with Crippen LogP contribution in [0.3, 0.4) is 0 Å². The number of benzene rings is 1. The van der Waals surface area contributed by atoms with E-state index in [1.54, 1.807) is 16.7 Å². The standard InChI is InChI=1S/C29H41FN4O4S/c1-7-38-22-15-19(23-18(2)33(6)17-39-23)10-11-20(22)16-31-25(35)21-9-8-14-34(21)26(36)24(28(3,4)5)32-27(37)29(30)12-13-29/h10-11,15,21,24H,7-9,12-14,16-17H2,1-6H3,(H,31,35)(H,32,37)/t21-,24+/m0/s1. The van der Waals surface area contributed by atoms with Crippen LogP contribution in [-0.4, -0.2) is 71.3 Å². The van der Waals surface area contributed by atoms with E-state index in [4.69, 9.17) is 4.74 Å². The van der Waals surface area contributed by atoms with Gasteiger partial charge in [-0.2, -0.15) is 0 Å². The van der Waals surface area contributed by atoms with Gasteiger partial charge < -0.3 is 25.2 Å². The molecule has 0 unspecified atom stereocenters. The van der Waals surface area contributed by atoms with E-state index in [0.717, 1.165) is 22.8 Å². The van der Waals surface area contributed by atoms with Crippen molar-refractivity contribution in [3.63, 3.8) is 0 Å². The number of alkyl halides is 1. The van der Waals surface area contributed by atoms with E-state index in [-0.39, 0.29) is 31.2 Å². The number of allylic oxidation sites excluding steroid dienone is 1. The molecular weight excluding hydrogens is 519 g/mol. The van der Waals surface area contributed by atoms with E-state index in [2.05, 4.69) is 35.6 Å². The summed E-state index contributed by atoms with van der Waals surface area (Å²) < 4.78 is 20.3. The number of rotatable bonds is 9. The molecule has 2 N–H and O–H groups in total. The molecule has 1 aromatic rings. The molecule has 0 spiro atoms. The Bertz CT molecular complexity index is 1160. The normalized spacial score (nSPS) is 21.2. The first kappa shape index (κ1) is 29.2. The predicted octanol–water partition coefficient (Wildman–Crippen LogP) is 4.05. The monoisotopic (exact) mass is 560 g/mol. The van der Waals surface area contributed by atoms with Crippen molar-refractivity contribution >= 4 is 34.4 Å². The highest BCUT2D eigenvalue weighted by Gasteiger charge is 2.53. The van der Waals surface area contributed by atoms with Gasteiger partial charge in [0.25, 0.3) is 5.91 Å². The van der Waals surface area contributed by atoms with E-state index in [1.807, 2.05) is 39.8 Å². The van der Waals surface area contributed by atoms with Gasteiger partial charge in [0.2, 0.25) is 11.8 Å². The minimum atomic E-state index is -1.87. The third-order valence-electron chi connectivity index (χ3n) is 7.71. The van der Waals surface area contributed by atoms with Crippen molar-refractivity contribution in [2.24, 2.45) is 5.41 Å². The molecule has 1 saturated heterocycles. The summed E-state index contributed by atoms with van der Waals surface area (Å²) in [4.78, 5) is 44.3. The molecule has 2 fully saturated rings. The maximum absolute atomic E-state index is 14.4. The Balaban J connectivity index is 1.45. The summed E-state index contributed by atoms with van der Waals surface area (Å²) in [6, 6.07) is 4.48. The van der Waals surface area contributed by atoms with Gasteiger partial charge in [0.15, 0.2) is 5.67 Å². The largest absolute Gasteiger partial charge is 0.494 e. The lowest BCUT2D eigenvalue weighted by Crippen LogP contribution is -2.58. The molecule has 2 heterocycles. The number of amides is 3. The van der Waals surface area contributed by atoms with Crippen molar-refractivity contribution in [1.29, 1.82) is 0 Å². The molecule has 1 saturated carbocycles. The number of halogens is 1. The molecule has 214 valence electrons. The minimum Gasteiger partial charge on any atom is -0.494 e. The summed E-state index contributed by atoms with van der Waals surface area (Å²) in [5.74, 6) is 0.299. The molecule has 4 rings (SSSR count). The third kappa shape index (κ3) is 6.36. The van der Waals surface area contributed by atoms with Gasteiger partial charge in [-0.1, -0.05) is 32.9 Å². The number of hydrogen-bond donors (Lipinski definition) is 2. The van der Waals surface area contributed by atoms with E-state index < -0.39 is 29.1 Å². The fourth-order valence-corrected chi connectivity index (χ4v) is 6.15. The fraction of sp³-hybridized carbons (Fsp3) is 0.621. The van der Waals surface area contributed by atoms with Crippen LogP contribution >= 0.6 is 11.8 Å². The molecule has 2 atom stereocenters. The molecule has 0 aromatic heterocycles. The van der Waals surface area contributed by atoms with Gasteiger partial charge >= 0.3 is 0 Å². The second kappa shape index (κ2) is 11.4. The summed E-state index contributed by atoms with van der Waals surface area (Å²) in [6.45, 7) is 10.7. The molecule has 1 aromatic carbocycles. The Morgan fingerprint density at radius 3 is 2.56 bits per heavy atom.